The van der Waals surface area contributed by atoms with Crippen molar-refractivity contribution < 1.29 is 4.79 Å². The second-order valence-corrected chi connectivity index (χ2v) is 5.45. The van der Waals surface area contributed by atoms with Crippen molar-refractivity contribution in [1.82, 2.24) is 0 Å². The molecule has 0 aromatic heterocycles. The third-order valence-electron chi connectivity index (χ3n) is 3.75. The SMILES string of the molecule is CC(C)C(N)CC(=O)CC1Cc2ccccc21. The maximum atomic E-state index is 11.9. The van der Waals surface area contributed by atoms with E-state index >= 15 is 0 Å². The van der Waals surface area contributed by atoms with Gasteiger partial charge in [0.05, 0.1) is 0 Å². The summed E-state index contributed by atoms with van der Waals surface area (Å²) < 4.78 is 0. The predicted molar refractivity (Wildman–Crippen MR) is 69.9 cm³/mol. The van der Waals surface area contributed by atoms with Crippen molar-refractivity contribution in [1.29, 1.82) is 0 Å². The van der Waals surface area contributed by atoms with Gasteiger partial charge in [-0.2, -0.15) is 0 Å². The highest BCUT2D eigenvalue weighted by atomic mass is 16.1. The molecule has 0 aliphatic heterocycles. The van der Waals surface area contributed by atoms with Crippen LogP contribution in [0.15, 0.2) is 24.3 Å². The van der Waals surface area contributed by atoms with Gasteiger partial charge < -0.3 is 5.73 Å². The zero-order valence-electron chi connectivity index (χ0n) is 10.6. The van der Waals surface area contributed by atoms with E-state index in [9.17, 15) is 4.79 Å². The number of carbonyl (C=O) groups is 1. The van der Waals surface area contributed by atoms with Crippen molar-refractivity contribution in [3.63, 3.8) is 0 Å². The number of fused-ring (bicyclic) bond motifs is 1. The molecule has 2 rings (SSSR count). The number of Topliss-reactive ketones (excluding diaryl/α,β-unsaturated/α-hetero) is 1. The minimum Gasteiger partial charge on any atom is -0.327 e. The molecule has 92 valence electrons. The molecule has 2 heteroatoms. The van der Waals surface area contributed by atoms with E-state index in [1.807, 2.05) is 0 Å². The molecule has 0 fully saturated rings. The summed E-state index contributed by atoms with van der Waals surface area (Å²) in [7, 11) is 0. The van der Waals surface area contributed by atoms with Crippen LogP contribution in [0.25, 0.3) is 0 Å². The van der Waals surface area contributed by atoms with Gasteiger partial charge >= 0.3 is 0 Å². The third-order valence-corrected chi connectivity index (χ3v) is 3.75. The van der Waals surface area contributed by atoms with Crippen molar-refractivity contribution in [2.75, 3.05) is 0 Å². The van der Waals surface area contributed by atoms with E-state index in [1.54, 1.807) is 0 Å². The minimum atomic E-state index is 0.0119. The molecule has 1 aromatic rings. The Bertz CT molecular complexity index is 411. The molecular formula is C15H21NO. The minimum absolute atomic E-state index is 0.0119. The standard InChI is InChI=1S/C15H21NO/c1-10(2)15(16)9-13(17)8-12-7-11-5-3-4-6-14(11)12/h3-6,10,12,15H,7-9,16H2,1-2H3. The summed E-state index contributed by atoms with van der Waals surface area (Å²) in [4.78, 5) is 11.9. The molecule has 0 saturated heterocycles. The lowest BCUT2D eigenvalue weighted by molar-refractivity contribution is -0.120. The van der Waals surface area contributed by atoms with Gasteiger partial charge in [0, 0.05) is 18.9 Å². The third kappa shape index (κ3) is 2.75. The quantitative estimate of drug-likeness (QED) is 0.846. The first-order valence-electron chi connectivity index (χ1n) is 6.43. The molecule has 2 nitrogen and oxygen atoms in total. The molecule has 0 spiro atoms. The maximum absolute atomic E-state index is 11.9. The monoisotopic (exact) mass is 231 g/mol. The van der Waals surface area contributed by atoms with Crippen molar-refractivity contribution in [3.8, 4) is 0 Å². The van der Waals surface area contributed by atoms with Crippen molar-refractivity contribution in [2.24, 2.45) is 11.7 Å². The Labute approximate surface area is 103 Å². The van der Waals surface area contributed by atoms with Gasteiger partial charge in [0.25, 0.3) is 0 Å². The van der Waals surface area contributed by atoms with Gasteiger partial charge in [-0.1, -0.05) is 38.1 Å². The second-order valence-electron chi connectivity index (χ2n) is 5.45. The van der Waals surface area contributed by atoms with Crippen molar-refractivity contribution in [3.05, 3.63) is 35.4 Å². The normalized spacial score (nSPS) is 19.6. The summed E-state index contributed by atoms with van der Waals surface area (Å²) in [6, 6.07) is 8.41. The molecular weight excluding hydrogens is 210 g/mol. The number of hydrogen-bond donors (Lipinski definition) is 1. The molecule has 0 radical (unpaired) electrons. The Hall–Kier alpha value is -1.15. The number of benzene rings is 1. The second kappa shape index (κ2) is 5.01. The fourth-order valence-electron chi connectivity index (χ4n) is 2.40. The van der Waals surface area contributed by atoms with Crippen LogP contribution < -0.4 is 5.73 Å². The van der Waals surface area contributed by atoms with Crippen molar-refractivity contribution in [2.45, 2.75) is 45.1 Å². The Balaban J connectivity index is 1.86. The molecule has 2 N–H and O–H groups in total. The van der Waals surface area contributed by atoms with E-state index < -0.39 is 0 Å². The Morgan fingerprint density at radius 2 is 2.12 bits per heavy atom. The van der Waals surface area contributed by atoms with Crippen LogP contribution in [-0.4, -0.2) is 11.8 Å². The van der Waals surface area contributed by atoms with Crippen LogP contribution in [0.3, 0.4) is 0 Å². The van der Waals surface area contributed by atoms with Gasteiger partial charge in [0.2, 0.25) is 0 Å². The number of hydrogen-bond acceptors (Lipinski definition) is 2. The Morgan fingerprint density at radius 1 is 1.41 bits per heavy atom. The predicted octanol–water partition coefficient (Wildman–Crippen LogP) is 2.66. The molecule has 0 amide bonds. The lowest BCUT2D eigenvalue weighted by Gasteiger charge is -2.30. The summed E-state index contributed by atoms with van der Waals surface area (Å²) >= 11 is 0. The van der Waals surface area contributed by atoms with Gasteiger partial charge in [0.1, 0.15) is 5.78 Å². The largest absolute Gasteiger partial charge is 0.327 e. The molecule has 0 bridgehead atoms. The van der Waals surface area contributed by atoms with Crippen LogP contribution >= 0.6 is 0 Å². The highest BCUT2D eigenvalue weighted by Crippen LogP contribution is 2.37. The lowest BCUT2D eigenvalue weighted by atomic mass is 9.74. The van der Waals surface area contributed by atoms with E-state index in [0.29, 0.717) is 30.5 Å². The van der Waals surface area contributed by atoms with Gasteiger partial charge in [-0.05, 0) is 29.4 Å². The molecule has 2 unspecified atom stereocenters. The number of nitrogens with two attached hydrogens (primary N) is 1. The first-order valence-corrected chi connectivity index (χ1v) is 6.43. The molecule has 0 heterocycles. The first kappa shape index (κ1) is 12.3. The molecule has 0 saturated carbocycles. The molecule has 2 atom stereocenters. The highest BCUT2D eigenvalue weighted by Gasteiger charge is 2.27. The van der Waals surface area contributed by atoms with E-state index in [4.69, 9.17) is 5.73 Å². The maximum Gasteiger partial charge on any atom is 0.135 e. The van der Waals surface area contributed by atoms with Crippen molar-refractivity contribution >= 4 is 5.78 Å². The average Bonchev–Trinajstić information content (AvgIpc) is 2.25. The van der Waals surface area contributed by atoms with E-state index in [1.165, 1.54) is 11.1 Å². The number of ketones is 1. The van der Waals surface area contributed by atoms with Crippen LogP contribution in [0.4, 0.5) is 0 Å². The highest BCUT2D eigenvalue weighted by molar-refractivity contribution is 5.80. The fourth-order valence-corrected chi connectivity index (χ4v) is 2.40. The van der Waals surface area contributed by atoms with Crippen LogP contribution in [0, 0.1) is 5.92 Å². The summed E-state index contributed by atoms with van der Waals surface area (Å²) in [6.07, 6.45) is 2.24. The van der Waals surface area contributed by atoms with Crippen LogP contribution in [-0.2, 0) is 11.2 Å². The summed E-state index contributed by atoms with van der Waals surface area (Å²) in [5.41, 5.74) is 8.69. The van der Waals surface area contributed by atoms with Crippen LogP contribution in [0.2, 0.25) is 0 Å². The van der Waals surface area contributed by atoms with E-state index in [0.717, 1.165) is 6.42 Å². The molecule has 1 aliphatic rings. The topological polar surface area (TPSA) is 43.1 Å². The lowest BCUT2D eigenvalue weighted by Crippen LogP contribution is -2.30. The zero-order chi connectivity index (χ0) is 12.4. The zero-order valence-corrected chi connectivity index (χ0v) is 10.6. The number of rotatable bonds is 5. The van der Waals surface area contributed by atoms with E-state index in [-0.39, 0.29) is 6.04 Å². The Morgan fingerprint density at radius 3 is 2.76 bits per heavy atom. The summed E-state index contributed by atoms with van der Waals surface area (Å²) in [5.74, 6) is 1.14. The first-order chi connectivity index (χ1) is 8.08. The fraction of sp³-hybridized carbons (Fsp3) is 0.533. The van der Waals surface area contributed by atoms with Gasteiger partial charge in [-0.25, -0.2) is 0 Å². The Kier molecular flexibility index (Phi) is 3.63. The van der Waals surface area contributed by atoms with Gasteiger partial charge in [-0.3, -0.25) is 4.79 Å². The summed E-state index contributed by atoms with van der Waals surface area (Å²) in [5, 5.41) is 0. The van der Waals surface area contributed by atoms with Gasteiger partial charge in [0.15, 0.2) is 0 Å². The van der Waals surface area contributed by atoms with Crippen LogP contribution in [0.1, 0.15) is 43.7 Å². The molecule has 1 aromatic carbocycles. The average molecular weight is 231 g/mol. The van der Waals surface area contributed by atoms with Crippen LogP contribution in [0.5, 0.6) is 0 Å². The summed E-state index contributed by atoms with van der Waals surface area (Å²) in [6.45, 7) is 4.13. The van der Waals surface area contributed by atoms with E-state index in [2.05, 4.69) is 38.1 Å². The smallest absolute Gasteiger partial charge is 0.135 e. The molecule has 1 aliphatic carbocycles. The van der Waals surface area contributed by atoms with Gasteiger partial charge in [-0.15, -0.1) is 0 Å². The number of carbonyl (C=O) groups excluding carboxylic acids is 1. The molecule has 17 heavy (non-hydrogen) atoms.